The second-order valence-corrected chi connectivity index (χ2v) is 5.63. The number of fused-ring (bicyclic) bond motifs is 1. The van der Waals surface area contributed by atoms with Crippen molar-refractivity contribution in [1.29, 1.82) is 0 Å². The number of halogens is 1. The van der Waals surface area contributed by atoms with E-state index in [2.05, 4.69) is 20.9 Å². The van der Waals surface area contributed by atoms with Crippen LogP contribution < -0.4 is 9.47 Å². The Morgan fingerprint density at radius 2 is 1.90 bits per heavy atom. The van der Waals surface area contributed by atoms with E-state index in [-0.39, 0.29) is 0 Å². The van der Waals surface area contributed by atoms with E-state index < -0.39 is 0 Å². The molecule has 21 heavy (non-hydrogen) atoms. The van der Waals surface area contributed by atoms with Gasteiger partial charge in [-0.05, 0) is 54.3 Å². The van der Waals surface area contributed by atoms with Crippen LogP contribution in [0.2, 0.25) is 0 Å². The first-order valence-corrected chi connectivity index (χ1v) is 7.33. The van der Waals surface area contributed by atoms with E-state index in [1.807, 2.05) is 49.4 Å². The fraction of sp³-hybridized carbons (Fsp3) is 0.118. The van der Waals surface area contributed by atoms with Crippen LogP contribution in [0.1, 0.15) is 5.56 Å². The zero-order chi connectivity index (χ0) is 14.8. The highest BCUT2D eigenvalue weighted by Crippen LogP contribution is 2.32. The first kappa shape index (κ1) is 13.9. The lowest BCUT2D eigenvalue weighted by molar-refractivity contribution is 0.415. The van der Waals surface area contributed by atoms with Crippen LogP contribution in [0.3, 0.4) is 0 Å². The molecule has 0 radical (unpaired) electrons. The number of pyridine rings is 1. The molecular weight excluding hydrogens is 330 g/mol. The largest absolute Gasteiger partial charge is 0.497 e. The summed E-state index contributed by atoms with van der Waals surface area (Å²) in [6.07, 6.45) is 1.74. The Balaban J connectivity index is 2.06. The molecule has 0 saturated heterocycles. The van der Waals surface area contributed by atoms with Crippen LogP contribution in [0, 0.1) is 6.92 Å². The number of ether oxygens (including phenoxy) is 2. The minimum Gasteiger partial charge on any atom is -0.497 e. The number of aromatic nitrogens is 1. The third kappa shape index (κ3) is 2.85. The fourth-order valence-electron chi connectivity index (χ4n) is 2.12. The molecule has 0 saturated carbocycles. The van der Waals surface area contributed by atoms with Crippen LogP contribution in [-0.2, 0) is 0 Å². The highest BCUT2D eigenvalue weighted by Gasteiger charge is 2.08. The van der Waals surface area contributed by atoms with Crippen molar-refractivity contribution >= 4 is 26.7 Å². The summed E-state index contributed by atoms with van der Waals surface area (Å²) in [6.45, 7) is 2.01. The van der Waals surface area contributed by atoms with Crippen molar-refractivity contribution in [1.82, 2.24) is 4.98 Å². The summed E-state index contributed by atoms with van der Waals surface area (Å²) < 4.78 is 12.2. The maximum atomic E-state index is 5.99. The maximum absolute atomic E-state index is 5.99. The maximum Gasteiger partial charge on any atom is 0.227 e. The van der Waals surface area contributed by atoms with Gasteiger partial charge in [0.15, 0.2) is 0 Å². The fourth-order valence-corrected chi connectivity index (χ4v) is 2.46. The lowest BCUT2D eigenvalue weighted by Crippen LogP contribution is -1.92. The summed E-state index contributed by atoms with van der Waals surface area (Å²) in [5.41, 5.74) is 1.06. The van der Waals surface area contributed by atoms with Crippen molar-refractivity contribution < 1.29 is 9.47 Å². The van der Waals surface area contributed by atoms with E-state index in [1.165, 1.54) is 0 Å². The SMILES string of the molecule is COc1ccc2c(Oc3cc(Br)ccc3C)nccc2c1. The summed E-state index contributed by atoms with van der Waals surface area (Å²) in [6, 6.07) is 13.7. The highest BCUT2D eigenvalue weighted by molar-refractivity contribution is 9.10. The molecule has 0 N–H and O–H groups in total. The van der Waals surface area contributed by atoms with Crippen molar-refractivity contribution in [2.75, 3.05) is 7.11 Å². The van der Waals surface area contributed by atoms with Crippen molar-refractivity contribution in [2.45, 2.75) is 6.92 Å². The molecule has 0 spiro atoms. The van der Waals surface area contributed by atoms with Gasteiger partial charge in [-0.2, -0.15) is 0 Å². The van der Waals surface area contributed by atoms with Crippen LogP contribution >= 0.6 is 15.9 Å². The molecule has 0 aliphatic heterocycles. The first-order chi connectivity index (χ1) is 10.2. The van der Waals surface area contributed by atoms with Crippen molar-refractivity contribution in [2.24, 2.45) is 0 Å². The standard InChI is InChI=1S/C17H14BrNO2/c1-11-3-4-13(18)10-16(11)21-17-15-6-5-14(20-2)9-12(15)7-8-19-17/h3-10H,1-2H3. The van der Waals surface area contributed by atoms with Gasteiger partial charge in [-0.15, -0.1) is 0 Å². The van der Waals surface area contributed by atoms with Gasteiger partial charge in [-0.1, -0.05) is 22.0 Å². The minimum absolute atomic E-state index is 0.594. The Labute approximate surface area is 131 Å². The predicted molar refractivity (Wildman–Crippen MR) is 87.2 cm³/mol. The summed E-state index contributed by atoms with van der Waals surface area (Å²) in [7, 11) is 1.66. The van der Waals surface area contributed by atoms with Gasteiger partial charge >= 0.3 is 0 Å². The monoisotopic (exact) mass is 343 g/mol. The Kier molecular flexibility index (Phi) is 3.80. The van der Waals surface area contributed by atoms with Crippen LogP contribution in [0.25, 0.3) is 10.8 Å². The van der Waals surface area contributed by atoms with E-state index in [0.29, 0.717) is 5.88 Å². The molecule has 106 valence electrons. The van der Waals surface area contributed by atoms with E-state index in [0.717, 1.165) is 32.3 Å². The number of benzene rings is 2. The zero-order valence-corrected chi connectivity index (χ0v) is 13.3. The highest BCUT2D eigenvalue weighted by atomic mass is 79.9. The van der Waals surface area contributed by atoms with Gasteiger partial charge in [0.25, 0.3) is 0 Å². The van der Waals surface area contributed by atoms with Crippen LogP contribution in [-0.4, -0.2) is 12.1 Å². The molecule has 0 aliphatic rings. The molecule has 0 aliphatic carbocycles. The number of rotatable bonds is 3. The molecule has 3 aromatic rings. The van der Waals surface area contributed by atoms with E-state index >= 15 is 0 Å². The van der Waals surface area contributed by atoms with Crippen molar-refractivity contribution in [3.05, 3.63) is 58.7 Å². The number of aryl methyl sites for hydroxylation is 1. The average molecular weight is 344 g/mol. The predicted octanol–water partition coefficient (Wildman–Crippen LogP) is 5.11. The molecule has 0 atom stereocenters. The molecule has 3 nitrogen and oxygen atoms in total. The van der Waals surface area contributed by atoms with Gasteiger partial charge in [0, 0.05) is 16.1 Å². The molecule has 4 heteroatoms. The lowest BCUT2D eigenvalue weighted by atomic mass is 10.1. The second-order valence-electron chi connectivity index (χ2n) is 4.72. The molecule has 0 bridgehead atoms. The average Bonchev–Trinajstić information content (AvgIpc) is 2.50. The third-order valence-electron chi connectivity index (χ3n) is 3.29. The number of hydrogen-bond donors (Lipinski definition) is 0. The van der Waals surface area contributed by atoms with Crippen molar-refractivity contribution in [3.8, 4) is 17.4 Å². The molecule has 2 aromatic carbocycles. The molecule has 1 aromatic heterocycles. The van der Waals surface area contributed by atoms with Crippen molar-refractivity contribution in [3.63, 3.8) is 0 Å². The number of hydrogen-bond acceptors (Lipinski definition) is 3. The molecule has 0 amide bonds. The van der Waals surface area contributed by atoms with Gasteiger partial charge in [-0.3, -0.25) is 0 Å². The molecule has 0 unspecified atom stereocenters. The summed E-state index contributed by atoms with van der Waals surface area (Å²) in [5.74, 6) is 2.20. The first-order valence-electron chi connectivity index (χ1n) is 6.54. The normalized spacial score (nSPS) is 10.6. The minimum atomic E-state index is 0.594. The Morgan fingerprint density at radius 3 is 2.71 bits per heavy atom. The number of methoxy groups -OCH3 is 1. The smallest absolute Gasteiger partial charge is 0.227 e. The van der Waals surface area contributed by atoms with Gasteiger partial charge in [0.2, 0.25) is 5.88 Å². The summed E-state index contributed by atoms with van der Waals surface area (Å²) in [5, 5.41) is 1.99. The van der Waals surface area contributed by atoms with Crippen LogP contribution in [0.5, 0.6) is 17.4 Å². The zero-order valence-electron chi connectivity index (χ0n) is 11.8. The van der Waals surface area contributed by atoms with E-state index in [9.17, 15) is 0 Å². The number of nitrogens with zero attached hydrogens (tertiary/aromatic N) is 1. The second kappa shape index (κ2) is 5.74. The molecular formula is C17H14BrNO2. The quantitative estimate of drug-likeness (QED) is 0.662. The molecule has 0 fully saturated rings. The summed E-state index contributed by atoms with van der Waals surface area (Å²) in [4.78, 5) is 4.35. The Hall–Kier alpha value is -2.07. The van der Waals surface area contributed by atoms with Gasteiger partial charge in [0.05, 0.1) is 7.11 Å². The van der Waals surface area contributed by atoms with Gasteiger partial charge in [0.1, 0.15) is 11.5 Å². The Morgan fingerprint density at radius 1 is 1.05 bits per heavy atom. The van der Waals surface area contributed by atoms with E-state index in [4.69, 9.17) is 9.47 Å². The third-order valence-corrected chi connectivity index (χ3v) is 3.79. The summed E-state index contributed by atoms with van der Waals surface area (Å²) >= 11 is 3.46. The van der Waals surface area contributed by atoms with Crippen LogP contribution in [0.4, 0.5) is 0 Å². The van der Waals surface area contributed by atoms with E-state index in [1.54, 1.807) is 13.3 Å². The van der Waals surface area contributed by atoms with Gasteiger partial charge < -0.3 is 9.47 Å². The van der Waals surface area contributed by atoms with Crippen LogP contribution in [0.15, 0.2) is 53.1 Å². The lowest BCUT2D eigenvalue weighted by Gasteiger charge is -2.11. The molecule has 1 heterocycles. The molecule has 3 rings (SSSR count). The van der Waals surface area contributed by atoms with Gasteiger partial charge in [-0.25, -0.2) is 4.98 Å². The topological polar surface area (TPSA) is 31.4 Å². The Bertz CT molecular complexity index is 802.